The van der Waals surface area contributed by atoms with Gasteiger partial charge in [0.2, 0.25) is 0 Å². The predicted molar refractivity (Wildman–Crippen MR) is 122 cm³/mol. The number of aromatic nitrogens is 5. The van der Waals surface area contributed by atoms with Crippen LogP contribution in [-0.2, 0) is 6.54 Å². The van der Waals surface area contributed by atoms with Crippen molar-refractivity contribution in [2.75, 3.05) is 0 Å². The van der Waals surface area contributed by atoms with Crippen LogP contribution in [0.1, 0.15) is 22.4 Å². The van der Waals surface area contributed by atoms with Crippen molar-refractivity contribution >= 4 is 5.65 Å². The average molecular weight is 409 g/mol. The summed E-state index contributed by atoms with van der Waals surface area (Å²) in [4.78, 5) is 18.0. The van der Waals surface area contributed by atoms with E-state index >= 15 is 0 Å². The van der Waals surface area contributed by atoms with Crippen LogP contribution >= 0.6 is 0 Å². The Kier molecular flexibility index (Phi) is 4.55. The second-order valence-corrected chi connectivity index (χ2v) is 7.88. The third-order valence-corrected chi connectivity index (χ3v) is 5.79. The first kappa shape index (κ1) is 19.1. The summed E-state index contributed by atoms with van der Waals surface area (Å²) in [5.41, 5.74) is 7.66. The SMILES string of the molecule is Cc1cccc(-n2c(-c3ccc4ncnn4c3)c(C)n(Cc3ccccc3C)c2=O)c1. The highest BCUT2D eigenvalue weighted by atomic mass is 16.1. The Hall–Kier alpha value is -3.93. The molecular formula is C25H23N5O. The number of benzene rings is 2. The number of imidazole rings is 1. The van der Waals surface area contributed by atoms with Gasteiger partial charge in [-0.05, 0) is 61.7 Å². The van der Waals surface area contributed by atoms with Gasteiger partial charge in [0.05, 0.1) is 17.9 Å². The molecule has 0 saturated carbocycles. The molecule has 6 nitrogen and oxygen atoms in total. The molecule has 5 rings (SSSR count). The van der Waals surface area contributed by atoms with Crippen molar-refractivity contribution in [3.8, 4) is 16.9 Å². The van der Waals surface area contributed by atoms with Crippen LogP contribution in [0.5, 0.6) is 0 Å². The van der Waals surface area contributed by atoms with Gasteiger partial charge in [0.25, 0.3) is 0 Å². The highest BCUT2D eigenvalue weighted by molar-refractivity contribution is 5.66. The molecule has 0 fully saturated rings. The van der Waals surface area contributed by atoms with E-state index in [0.29, 0.717) is 6.54 Å². The fourth-order valence-electron chi connectivity index (χ4n) is 4.10. The van der Waals surface area contributed by atoms with Gasteiger partial charge in [-0.2, -0.15) is 5.10 Å². The summed E-state index contributed by atoms with van der Waals surface area (Å²) in [6.45, 7) is 6.64. The molecule has 0 aliphatic rings. The predicted octanol–water partition coefficient (Wildman–Crippen LogP) is 4.32. The van der Waals surface area contributed by atoms with Gasteiger partial charge >= 0.3 is 5.69 Å². The van der Waals surface area contributed by atoms with E-state index in [1.807, 2.05) is 73.1 Å². The zero-order valence-electron chi connectivity index (χ0n) is 17.8. The van der Waals surface area contributed by atoms with Crippen molar-refractivity contribution < 1.29 is 0 Å². The van der Waals surface area contributed by atoms with Gasteiger partial charge in [0.15, 0.2) is 5.65 Å². The van der Waals surface area contributed by atoms with E-state index in [1.54, 1.807) is 9.08 Å². The number of nitrogens with zero attached hydrogens (tertiary/aromatic N) is 5. The summed E-state index contributed by atoms with van der Waals surface area (Å²) in [5.74, 6) is 0. The maximum absolute atomic E-state index is 13.7. The largest absolute Gasteiger partial charge is 0.333 e. The molecule has 0 N–H and O–H groups in total. The minimum absolute atomic E-state index is 0.0555. The topological polar surface area (TPSA) is 57.1 Å². The molecule has 0 unspecified atom stereocenters. The van der Waals surface area contributed by atoms with Crippen molar-refractivity contribution in [3.05, 3.63) is 106 Å². The molecule has 0 amide bonds. The number of hydrogen-bond donors (Lipinski definition) is 0. The van der Waals surface area contributed by atoms with Crippen LogP contribution in [0.25, 0.3) is 22.6 Å². The van der Waals surface area contributed by atoms with E-state index < -0.39 is 0 Å². The van der Waals surface area contributed by atoms with Gasteiger partial charge in [-0.1, -0.05) is 36.4 Å². The smallest absolute Gasteiger partial charge is 0.291 e. The lowest BCUT2D eigenvalue weighted by atomic mass is 10.1. The average Bonchev–Trinajstić information content (AvgIpc) is 3.32. The lowest BCUT2D eigenvalue weighted by Crippen LogP contribution is -2.24. The minimum Gasteiger partial charge on any atom is -0.291 e. The summed E-state index contributed by atoms with van der Waals surface area (Å²) in [7, 11) is 0. The third kappa shape index (κ3) is 3.26. The highest BCUT2D eigenvalue weighted by Crippen LogP contribution is 2.27. The van der Waals surface area contributed by atoms with Gasteiger partial charge in [-0.15, -0.1) is 0 Å². The first-order chi connectivity index (χ1) is 15.0. The number of rotatable bonds is 4. The van der Waals surface area contributed by atoms with E-state index in [1.165, 1.54) is 11.9 Å². The molecule has 0 bridgehead atoms. The molecule has 6 heteroatoms. The summed E-state index contributed by atoms with van der Waals surface area (Å²) >= 11 is 0. The molecule has 0 aliphatic heterocycles. The Morgan fingerprint density at radius 2 is 1.77 bits per heavy atom. The Bertz CT molecular complexity index is 1470. The first-order valence-corrected chi connectivity index (χ1v) is 10.3. The molecule has 3 heterocycles. The fraction of sp³-hybridized carbons (Fsp3) is 0.160. The number of hydrogen-bond acceptors (Lipinski definition) is 3. The molecule has 154 valence electrons. The molecule has 0 saturated heterocycles. The van der Waals surface area contributed by atoms with Gasteiger partial charge in [-0.3, -0.25) is 9.13 Å². The first-order valence-electron chi connectivity index (χ1n) is 10.3. The summed E-state index contributed by atoms with van der Waals surface area (Å²) in [6, 6.07) is 20.1. The molecular weight excluding hydrogens is 386 g/mol. The molecule has 31 heavy (non-hydrogen) atoms. The van der Waals surface area contributed by atoms with Crippen molar-refractivity contribution in [2.45, 2.75) is 27.3 Å². The van der Waals surface area contributed by atoms with E-state index in [0.717, 1.165) is 39.4 Å². The number of aryl methyl sites for hydroxylation is 2. The number of fused-ring (bicyclic) bond motifs is 1. The summed E-state index contributed by atoms with van der Waals surface area (Å²) < 4.78 is 5.39. The Morgan fingerprint density at radius 1 is 0.935 bits per heavy atom. The molecule has 0 aliphatic carbocycles. The van der Waals surface area contributed by atoms with E-state index in [4.69, 9.17) is 0 Å². The van der Waals surface area contributed by atoms with Gasteiger partial charge in [0, 0.05) is 17.5 Å². The maximum Gasteiger partial charge on any atom is 0.333 e. The highest BCUT2D eigenvalue weighted by Gasteiger charge is 2.21. The van der Waals surface area contributed by atoms with Crippen LogP contribution in [0.4, 0.5) is 0 Å². The van der Waals surface area contributed by atoms with Crippen LogP contribution in [0.2, 0.25) is 0 Å². The second-order valence-electron chi connectivity index (χ2n) is 7.88. The molecule has 2 aromatic carbocycles. The van der Waals surface area contributed by atoms with Crippen LogP contribution in [0.15, 0.2) is 78.0 Å². The van der Waals surface area contributed by atoms with Crippen molar-refractivity contribution in [1.29, 1.82) is 0 Å². The zero-order valence-corrected chi connectivity index (χ0v) is 17.8. The normalized spacial score (nSPS) is 11.3. The van der Waals surface area contributed by atoms with E-state index in [2.05, 4.69) is 29.1 Å². The van der Waals surface area contributed by atoms with Crippen molar-refractivity contribution in [1.82, 2.24) is 23.7 Å². The standard InChI is InChI=1S/C25H23N5O/c1-17-7-6-10-22(13-17)30-24(21-11-12-23-26-16-27-29(23)15-21)19(3)28(25(30)31)14-20-9-5-4-8-18(20)2/h4-13,15-16H,14H2,1-3H3. The molecule has 3 aromatic heterocycles. The van der Waals surface area contributed by atoms with Crippen LogP contribution in [0, 0.1) is 20.8 Å². The number of pyridine rings is 1. The minimum atomic E-state index is -0.0555. The summed E-state index contributed by atoms with van der Waals surface area (Å²) in [6.07, 6.45) is 3.46. The van der Waals surface area contributed by atoms with Gasteiger partial charge < -0.3 is 0 Å². The van der Waals surface area contributed by atoms with Gasteiger partial charge in [0.1, 0.15) is 6.33 Å². The van der Waals surface area contributed by atoms with Crippen LogP contribution in [0.3, 0.4) is 0 Å². The Labute approximate surface area is 180 Å². The van der Waals surface area contributed by atoms with Gasteiger partial charge in [-0.25, -0.2) is 14.3 Å². The summed E-state index contributed by atoms with van der Waals surface area (Å²) in [5, 5.41) is 4.27. The van der Waals surface area contributed by atoms with E-state index in [9.17, 15) is 4.79 Å². The lowest BCUT2D eigenvalue weighted by Gasteiger charge is -2.10. The fourth-order valence-corrected chi connectivity index (χ4v) is 4.10. The zero-order chi connectivity index (χ0) is 21.5. The molecule has 5 aromatic rings. The monoisotopic (exact) mass is 409 g/mol. The Balaban J connectivity index is 1.77. The molecule has 0 atom stereocenters. The second kappa shape index (κ2) is 7.40. The van der Waals surface area contributed by atoms with Crippen molar-refractivity contribution in [2.24, 2.45) is 0 Å². The lowest BCUT2D eigenvalue weighted by molar-refractivity contribution is 0.720. The quantitative estimate of drug-likeness (QED) is 0.444. The molecule has 0 spiro atoms. The third-order valence-electron chi connectivity index (χ3n) is 5.79. The van der Waals surface area contributed by atoms with Crippen molar-refractivity contribution in [3.63, 3.8) is 0 Å². The van der Waals surface area contributed by atoms with E-state index in [-0.39, 0.29) is 5.69 Å². The van der Waals surface area contributed by atoms with Crippen LogP contribution in [-0.4, -0.2) is 23.7 Å². The van der Waals surface area contributed by atoms with Crippen LogP contribution < -0.4 is 5.69 Å². The Morgan fingerprint density at radius 3 is 2.58 bits per heavy atom. The molecule has 0 radical (unpaired) electrons. The maximum atomic E-state index is 13.7.